The van der Waals surface area contributed by atoms with E-state index in [1.165, 1.54) is 0 Å². The Hall–Kier alpha value is -0.360. The van der Waals surface area contributed by atoms with Gasteiger partial charge in [-0.15, -0.1) is 0 Å². The molecular weight excluding hydrogens is 564 g/mol. The second-order valence-corrected chi connectivity index (χ2v) is 18.3. The van der Waals surface area contributed by atoms with Crippen molar-refractivity contribution in [3.8, 4) is 0 Å². The van der Waals surface area contributed by atoms with E-state index in [9.17, 15) is 30.6 Å². The van der Waals surface area contributed by atoms with E-state index in [2.05, 4.69) is 34.6 Å². The molecule has 7 rings (SSSR count). The van der Waals surface area contributed by atoms with Crippen molar-refractivity contribution in [3.63, 3.8) is 0 Å². The maximum Gasteiger partial charge on any atom is 0.186 e. The molecular formula is C35H58O9. The zero-order chi connectivity index (χ0) is 32.0. The van der Waals surface area contributed by atoms with Gasteiger partial charge in [0, 0.05) is 5.92 Å². The average Bonchev–Trinajstić information content (AvgIpc) is 3.27. The van der Waals surface area contributed by atoms with Gasteiger partial charge in [-0.3, -0.25) is 0 Å². The second kappa shape index (κ2) is 9.63. The van der Waals surface area contributed by atoms with Gasteiger partial charge in [0.25, 0.3) is 0 Å². The molecule has 0 radical (unpaired) electrons. The number of aliphatic hydroxyl groups excluding tert-OH is 5. The first-order chi connectivity index (χ1) is 20.3. The van der Waals surface area contributed by atoms with Crippen molar-refractivity contribution in [2.24, 2.45) is 44.8 Å². The summed E-state index contributed by atoms with van der Waals surface area (Å²) in [6, 6.07) is 0. The van der Waals surface area contributed by atoms with Crippen molar-refractivity contribution in [2.45, 2.75) is 166 Å². The predicted octanol–water partition coefficient (Wildman–Crippen LogP) is 2.90. The Morgan fingerprint density at radius 3 is 2.11 bits per heavy atom. The van der Waals surface area contributed by atoms with Crippen LogP contribution in [0.25, 0.3) is 0 Å². The molecule has 16 atom stereocenters. The summed E-state index contributed by atoms with van der Waals surface area (Å²) in [7, 11) is 0. The molecule has 2 aliphatic heterocycles. The molecule has 0 aromatic carbocycles. The van der Waals surface area contributed by atoms with E-state index in [4.69, 9.17) is 14.2 Å². The van der Waals surface area contributed by atoms with Crippen LogP contribution in [-0.2, 0) is 14.2 Å². The van der Waals surface area contributed by atoms with E-state index in [-0.39, 0.29) is 52.3 Å². The molecule has 7 aliphatic rings. The molecule has 44 heavy (non-hydrogen) atoms. The van der Waals surface area contributed by atoms with Gasteiger partial charge in [0.2, 0.25) is 0 Å². The maximum absolute atomic E-state index is 12.1. The fraction of sp³-hybridized carbons (Fsp3) is 1.00. The van der Waals surface area contributed by atoms with Gasteiger partial charge in [0.1, 0.15) is 18.3 Å². The first-order valence-electron chi connectivity index (χ1n) is 17.4. The van der Waals surface area contributed by atoms with Gasteiger partial charge in [0.15, 0.2) is 6.29 Å². The van der Waals surface area contributed by atoms with Crippen LogP contribution in [0.1, 0.15) is 106 Å². The van der Waals surface area contributed by atoms with Gasteiger partial charge in [-0.05, 0) is 117 Å². The van der Waals surface area contributed by atoms with Gasteiger partial charge in [-0.25, -0.2) is 0 Å². The quantitative estimate of drug-likeness (QED) is 0.260. The van der Waals surface area contributed by atoms with E-state index in [0.29, 0.717) is 18.8 Å². The molecule has 0 amide bonds. The van der Waals surface area contributed by atoms with Crippen LogP contribution in [0, 0.1) is 44.8 Å². The summed E-state index contributed by atoms with van der Waals surface area (Å²) in [5, 5.41) is 65.5. The Morgan fingerprint density at radius 2 is 1.45 bits per heavy atom. The smallest absolute Gasteiger partial charge is 0.186 e. The highest BCUT2D eigenvalue weighted by molar-refractivity contribution is 5.33. The van der Waals surface area contributed by atoms with Crippen LogP contribution in [-0.4, -0.2) is 97.5 Å². The molecule has 2 saturated heterocycles. The normalized spacial score (nSPS) is 59.8. The lowest BCUT2D eigenvalue weighted by atomic mass is 9.41. The monoisotopic (exact) mass is 622 g/mol. The molecule has 0 bridgehead atoms. The average molecular weight is 623 g/mol. The van der Waals surface area contributed by atoms with E-state index in [1.54, 1.807) is 0 Å². The molecule has 7 fully saturated rings. The third-order valence-electron chi connectivity index (χ3n) is 15.5. The van der Waals surface area contributed by atoms with Gasteiger partial charge in [-0.2, -0.15) is 0 Å². The van der Waals surface area contributed by atoms with Crippen LogP contribution in [0.4, 0.5) is 0 Å². The van der Waals surface area contributed by atoms with Gasteiger partial charge in [-0.1, -0.05) is 27.7 Å². The minimum absolute atomic E-state index is 0.00753. The number of hydrogen-bond acceptors (Lipinski definition) is 9. The third kappa shape index (κ3) is 3.97. The first kappa shape index (κ1) is 32.2. The summed E-state index contributed by atoms with van der Waals surface area (Å²) >= 11 is 0. The summed E-state index contributed by atoms with van der Waals surface area (Å²) in [5.74, 6) is 0.285. The first-order valence-corrected chi connectivity index (χ1v) is 17.4. The van der Waals surface area contributed by atoms with Crippen LogP contribution < -0.4 is 0 Å². The minimum atomic E-state index is -1.33. The van der Waals surface area contributed by atoms with Crippen molar-refractivity contribution in [2.75, 3.05) is 6.61 Å². The lowest BCUT2D eigenvalue weighted by Gasteiger charge is -2.64. The van der Waals surface area contributed by atoms with Crippen molar-refractivity contribution in [1.29, 1.82) is 0 Å². The van der Waals surface area contributed by atoms with Crippen molar-refractivity contribution < 1.29 is 44.8 Å². The largest absolute Gasteiger partial charge is 0.393 e. The number of ether oxygens (including phenoxy) is 3. The second-order valence-electron chi connectivity index (χ2n) is 18.3. The number of fused-ring (bicyclic) bond motifs is 2. The molecule has 0 unspecified atom stereocenters. The SMILES string of the molecule is CC(C)(O)[C@@H]1CC[C@](C)([C@@H]2[C@@H](O)C[C@@]3(C)[C@@H]4C[C@@H](O)[C@@H]5C(C)(C)[C@@H](O[C@@H]6OC[C@H](O)[C@H](O)[C@@H]6O)CC[C@@]56C[C@@]46CC[C@]23C)O1. The maximum atomic E-state index is 12.1. The lowest BCUT2D eigenvalue weighted by molar-refractivity contribution is -0.306. The highest BCUT2D eigenvalue weighted by atomic mass is 16.7. The fourth-order valence-electron chi connectivity index (χ4n) is 13.4. The topological polar surface area (TPSA) is 149 Å². The standard InChI is InChI=1S/C35H58O9/c1-29(2)22(43-28-25(40)24(39)20(38)16-42-28)9-11-35-17-34(35)13-12-31(5)27(33(7)10-8-23(44-33)30(3,4)41)19(37)15-32(31,6)21(34)14-18(36)26(29)35/h18-28,36-41H,8-17H2,1-7H3/t18-,19+,20+,21+,22+,23+,24+,25+,26-,27-,28+,31-,32+,33-,34+,35-/m1/s1. The zero-order valence-electron chi connectivity index (χ0n) is 27.8. The van der Waals surface area contributed by atoms with Crippen molar-refractivity contribution in [1.82, 2.24) is 0 Å². The molecule has 2 heterocycles. The van der Waals surface area contributed by atoms with Crippen LogP contribution in [0.2, 0.25) is 0 Å². The van der Waals surface area contributed by atoms with E-state index in [0.717, 1.165) is 44.9 Å². The molecule has 5 aliphatic carbocycles. The summed E-state index contributed by atoms with van der Waals surface area (Å²) in [4.78, 5) is 0. The summed E-state index contributed by atoms with van der Waals surface area (Å²) in [6.45, 7) is 14.8. The fourth-order valence-corrected chi connectivity index (χ4v) is 13.4. The van der Waals surface area contributed by atoms with Crippen LogP contribution in [0.3, 0.4) is 0 Å². The Labute approximate surface area is 262 Å². The molecule has 0 aromatic rings. The third-order valence-corrected chi connectivity index (χ3v) is 15.5. The molecule has 252 valence electrons. The number of aliphatic hydroxyl groups is 6. The molecule has 0 aromatic heterocycles. The van der Waals surface area contributed by atoms with E-state index >= 15 is 0 Å². The Bertz CT molecular complexity index is 1160. The van der Waals surface area contributed by atoms with Gasteiger partial charge in [0.05, 0.1) is 42.2 Å². The zero-order valence-corrected chi connectivity index (χ0v) is 27.8. The highest BCUT2D eigenvalue weighted by Crippen LogP contribution is 2.89. The predicted molar refractivity (Wildman–Crippen MR) is 161 cm³/mol. The van der Waals surface area contributed by atoms with Crippen LogP contribution in [0.15, 0.2) is 0 Å². The Balaban J connectivity index is 1.15. The van der Waals surface area contributed by atoms with Crippen molar-refractivity contribution in [3.05, 3.63) is 0 Å². The summed E-state index contributed by atoms with van der Waals surface area (Å²) < 4.78 is 18.7. The van der Waals surface area contributed by atoms with E-state index in [1.807, 2.05) is 13.8 Å². The molecule has 9 heteroatoms. The van der Waals surface area contributed by atoms with Crippen LogP contribution >= 0.6 is 0 Å². The van der Waals surface area contributed by atoms with Crippen molar-refractivity contribution >= 4 is 0 Å². The molecule has 2 spiro atoms. The summed E-state index contributed by atoms with van der Waals surface area (Å²) in [5.41, 5.74) is -2.01. The Morgan fingerprint density at radius 1 is 0.750 bits per heavy atom. The van der Waals surface area contributed by atoms with Crippen LogP contribution in [0.5, 0.6) is 0 Å². The number of rotatable bonds is 4. The molecule has 9 nitrogen and oxygen atoms in total. The Kier molecular flexibility index (Phi) is 7.04. The number of hydrogen-bond donors (Lipinski definition) is 6. The van der Waals surface area contributed by atoms with E-state index < -0.39 is 53.4 Å². The molecule has 6 N–H and O–H groups in total. The highest BCUT2D eigenvalue weighted by Gasteiger charge is 2.85. The van der Waals surface area contributed by atoms with Gasteiger partial charge < -0.3 is 44.8 Å². The minimum Gasteiger partial charge on any atom is -0.393 e. The lowest BCUT2D eigenvalue weighted by Crippen LogP contribution is -2.63. The summed E-state index contributed by atoms with van der Waals surface area (Å²) in [6.07, 6.45) is 1.57. The molecule has 5 saturated carbocycles. The van der Waals surface area contributed by atoms with Gasteiger partial charge >= 0.3 is 0 Å².